The molecule has 18 heavy (non-hydrogen) atoms. The Bertz CT molecular complexity index is 366. The quantitative estimate of drug-likeness (QED) is 0.521. The van der Waals surface area contributed by atoms with Crippen LogP contribution in [-0.2, 0) is 11.3 Å². The summed E-state index contributed by atoms with van der Waals surface area (Å²) in [5.74, 6) is 0.658. The third-order valence-corrected chi connectivity index (χ3v) is 2.46. The first-order valence-corrected chi connectivity index (χ1v) is 6.03. The normalized spacial score (nSPS) is 10.3. The Morgan fingerprint density at radius 3 is 2.89 bits per heavy atom. The van der Waals surface area contributed by atoms with E-state index in [1.54, 1.807) is 12.1 Å². The summed E-state index contributed by atoms with van der Waals surface area (Å²) < 4.78 is 10.4. The van der Waals surface area contributed by atoms with E-state index >= 15 is 0 Å². The molecule has 0 aromatic heterocycles. The molecule has 100 valence electrons. The predicted octanol–water partition coefficient (Wildman–Crippen LogP) is 2.08. The Balaban J connectivity index is 2.19. The van der Waals surface area contributed by atoms with Gasteiger partial charge in [-0.05, 0) is 24.1 Å². The van der Waals surface area contributed by atoms with Gasteiger partial charge in [0.25, 0.3) is 0 Å². The Morgan fingerprint density at radius 1 is 1.39 bits per heavy atom. The lowest BCUT2D eigenvalue weighted by atomic mass is 10.2. The number of methoxy groups -OCH3 is 1. The van der Waals surface area contributed by atoms with Crippen molar-refractivity contribution in [1.82, 2.24) is 5.32 Å². The van der Waals surface area contributed by atoms with E-state index in [4.69, 9.17) is 9.47 Å². The molecule has 0 aliphatic carbocycles. The number of ether oxygens (including phenoxy) is 2. The molecule has 0 spiro atoms. The van der Waals surface area contributed by atoms with Crippen LogP contribution in [0.4, 0.5) is 0 Å². The molecule has 0 saturated carbocycles. The van der Waals surface area contributed by atoms with Crippen LogP contribution in [-0.4, -0.2) is 32.0 Å². The lowest BCUT2D eigenvalue weighted by Crippen LogP contribution is -2.19. The fourth-order valence-corrected chi connectivity index (χ4v) is 1.49. The number of nitrogens with one attached hydrogen (secondary N) is 1. The summed E-state index contributed by atoms with van der Waals surface area (Å²) in [6, 6.07) is 5.38. The number of phenols is 1. The molecule has 4 nitrogen and oxygen atoms in total. The zero-order valence-electron chi connectivity index (χ0n) is 10.8. The van der Waals surface area contributed by atoms with Crippen LogP contribution in [0, 0.1) is 0 Å². The Labute approximate surface area is 108 Å². The topological polar surface area (TPSA) is 50.7 Å². The highest BCUT2D eigenvalue weighted by Gasteiger charge is 2.01. The zero-order valence-corrected chi connectivity index (χ0v) is 10.8. The van der Waals surface area contributed by atoms with Crippen molar-refractivity contribution in [3.05, 3.63) is 36.4 Å². The molecule has 4 heteroatoms. The van der Waals surface area contributed by atoms with Gasteiger partial charge in [-0.25, -0.2) is 0 Å². The molecule has 1 rings (SSSR count). The molecule has 0 radical (unpaired) electrons. The molecule has 0 aliphatic heterocycles. The molecule has 0 fully saturated rings. The van der Waals surface area contributed by atoms with Crippen molar-refractivity contribution >= 4 is 0 Å². The van der Waals surface area contributed by atoms with E-state index in [0.29, 0.717) is 25.5 Å². The fraction of sp³-hybridized carbons (Fsp3) is 0.429. The van der Waals surface area contributed by atoms with E-state index in [1.807, 2.05) is 12.1 Å². The maximum Gasteiger partial charge on any atom is 0.160 e. The van der Waals surface area contributed by atoms with Crippen LogP contribution in [0.15, 0.2) is 30.9 Å². The summed E-state index contributed by atoms with van der Waals surface area (Å²) in [4.78, 5) is 0. The number of phenolic OH excluding ortho intramolecular Hbond substituents is 1. The smallest absolute Gasteiger partial charge is 0.160 e. The van der Waals surface area contributed by atoms with E-state index in [-0.39, 0.29) is 5.75 Å². The van der Waals surface area contributed by atoms with Crippen LogP contribution in [0.2, 0.25) is 0 Å². The van der Waals surface area contributed by atoms with E-state index in [2.05, 4.69) is 11.9 Å². The number of aromatic hydroxyl groups is 1. The first-order chi connectivity index (χ1) is 8.77. The largest absolute Gasteiger partial charge is 0.504 e. The molecule has 1 aromatic carbocycles. The van der Waals surface area contributed by atoms with E-state index in [1.165, 1.54) is 7.11 Å². The average Bonchev–Trinajstić information content (AvgIpc) is 2.38. The number of benzene rings is 1. The third-order valence-electron chi connectivity index (χ3n) is 2.46. The number of hydrogen-bond donors (Lipinski definition) is 2. The third kappa shape index (κ3) is 5.21. The van der Waals surface area contributed by atoms with Crippen molar-refractivity contribution < 1.29 is 14.6 Å². The molecule has 0 aliphatic rings. The van der Waals surface area contributed by atoms with Gasteiger partial charge in [-0.1, -0.05) is 12.1 Å². The van der Waals surface area contributed by atoms with Crippen LogP contribution in [0.25, 0.3) is 0 Å². The summed E-state index contributed by atoms with van der Waals surface area (Å²) in [6.07, 6.45) is 2.72. The van der Waals surface area contributed by atoms with Gasteiger partial charge in [-0.3, -0.25) is 0 Å². The molecule has 0 atom stereocenters. The first kappa shape index (κ1) is 14.5. The van der Waals surface area contributed by atoms with Crippen LogP contribution in [0.1, 0.15) is 12.0 Å². The van der Waals surface area contributed by atoms with Gasteiger partial charge in [0.1, 0.15) is 0 Å². The lowest BCUT2D eigenvalue weighted by molar-refractivity contribution is 0.140. The lowest BCUT2D eigenvalue weighted by Gasteiger charge is -2.08. The van der Waals surface area contributed by atoms with Gasteiger partial charge < -0.3 is 19.9 Å². The van der Waals surface area contributed by atoms with Crippen molar-refractivity contribution in [2.75, 3.05) is 26.9 Å². The van der Waals surface area contributed by atoms with E-state index < -0.39 is 0 Å². The van der Waals surface area contributed by atoms with Crippen LogP contribution >= 0.6 is 0 Å². The van der Waals surface area contributed by atoms with Crippen LogP contribution in [0.3, 0.4) is 0 Å². The highest BCUT2D eigenvalue weighted by atomic mass is 16.5. The standard InChI is InChI=1S/C14H21NO3/c1-3-4-8-18-9-7-15-11-12-5-6-14(17-2)13(16)10-12/h3,5-6,10,15-16H,1,4,7-9,11H2,2H3. The zero-order chi connectivity index (χ0) is 13.2. The van der Waals surface area contributed by atoms with Gasteiger partial charge in [0, 0.05) is 13.1 Å². The summed E-state index contributed by atoms with van der Waals surface area (Å²) in [7, 11) is 1.54. The van der Waals surface area contributed by atoms with Gasteiger partial charge in [0.05, 0.1) is 20.3 Å². The number of hydrogen-bond acceptors (Lipinski definition) is 4. The highest BCUT2D eigenvalue weighted by molar-refractivity contribution is 5.41. The fourth-order valence-electron chi connectivity index (χ4n) is 1.49. The van der Waals surface area contributed by atoms with Gasteiger partial charge in [0.2, 0.25) is 0 Å². The maximum atomic E-state index is 9.60. The number of rotatable bonds is 9. The molecule has 0 saturated heterocycles. The van der Waals surface area contributed by atoms with Crippen LogP contribution in [0.5, 0.6) is 11.5 Å². The van der Waals surface area contributed by atoms with Crippen molar-refractivity contribution in [3.63, 3.8) is 0 Å². The average molecular weight is 251 g/mol. The Hall–Kier alpha value is -1.52. The van der Waals surface area contributed by atoms with Crippen molar-refractivity contribution in [2.45, 2.75) is 13.0 Å². The van der Waals surface area contributed by atoms with Gasteiger partial charge in [0.15, 0.2) is 11.5 Å². The Kier molecular flexibility index (Phi) is 6.91. The second kappa shape index (κ2) is 8.55. The van der Waals surface area contributed by atoms with Gasteiger partial charge >= 0.3 is 0 Å². The SMILES string of the molecule is C=CCCOCCNCc1ccc(OC)c(O)c1. The van der Waals surface area contributed by atoms with Gasteiger partial charge in [-0.2, -0.15) is 0 Å². The van der Waals surface area contributed by atoms with E-state index in [9.17, 15) is 5.11 Å². The second-order valence-corrected chi connectivity index (χ2v) is 3.87. The maximum absolute atomic E-state index is 9.60. The Morgan fingerprint density at radius 2 is 2.22 bits per heavy atom. The molecule has 0 heterocycles. The van der Waals surface area contributed by atoms with Crippen molar-refractivity contribution in [2.24, 2.45) is 0 Å². The predicted molar refractivity (Wildman–Crippen MR) is 72.0 cm³/mol. The minimum Gasteiger partial charge on any atom is -0.504 e. The van der Waals surface area contributed by atoms with E-state index in [0.717, 1.165) is 18.5 Å². The second-order valence-electron chi connectivity index (χ2n) is 3.87. The molecular weight excluding hydrogens is 230 g/mol. The monoisotopic (exact) mass is 251 g/mol. The first-order valence-electron chi connectivity index (χ1n) is 6.03. The van der Waals surface area contributed by atoms with Crippen LogP contribution < -0.4 is 10.1 Å². The minimum absolute atomic E-state index is 0.166. The minimum atomic E-state index is 0.166. The van der Waals surface area contributed by atoms with Gasteiger partial charge in [-0.15, -0.1) is 6.58 Å². The summed E-state index contributed by atoms with van der Waals surface area (Å²) in [6.45, 7) is 6.50. The molecule has 1 aromatic rings. The molecule has 0 amide bonds. The summed E-state index contributed by atoms with van der Waals surface area (Å²) >= 11 is 0. The molecule has 2 N–H and O–H groups in total. The summed E-state index contributed by atoms with van der Waals surface area (Å²) in [5.41, 5.74) is 1.01. The van der Waals surface area contributed by atoms with Crippen molar-refractivity contribution in [3.8, 4) is 11.5 Å². The molecular formula is C14H21NO3. The molecule has 0 unspecified atom stereocenters. The molecule has 0 bridgehead atoms. The highest BCUT2D eigenvalue weighted by Crippen LogP contribution is 2.25. The summed E-state index contributed by atoms with van der Waals surface area (Å²) in [5, 5.41) is 12.8. The van der Waals surface area contributed by atoms with Crippen molar-refractivity contribution in [1.29, 1.82) is 0 Å².